The van der Waals surface area contributed by atoms with Gasteiger partial charge in [-0.2, -0.15) is 0 Å². The molecule has 2 heterocycles. The van der Waals surface area contributed by atoms with Gasteiger partial charge in [-0.25, -0.2) is 0 Å². The van der Waals surface area contributed by atoms with Crippen molar-refractivity contribution in [2.45, 2.75) is 0 Å². The molecule has 0 amide bonds. The molecule has 4 rings (SSSR count). The summed E-state index contributed by atoms with van der Waals surface area (Å²) in [7, 11) is 0. The van der Waals surface area contributed by atoms with Crippen LogP contribution in [0, 0.1) is 0 Å². The van der Waals surface area contributed by atoms with Gasteiger partial charge in [-0.05, 0) is 24.3 Å². The molecule has 25 heavy (non-hydrogen) atoms. The first-order valence-electron chi connectivity index (χ1n) is 7.86. The SMILES string of the molecule is [Ir+3].c1ccc(-c2ccccn2)cc1.c1ccc(-c2ccccn2)cc1. The zero-order valence-corrected chi connectivity index (χ0v) is 16.0. The monoisotopic (exact) mass is 503 g/mol. The minimum Gasteiger partial charge on any atom is -0.256 e. The van der Waals surface area contributed by atoms with Gasteiger partial charge in [-0.3, -0.25) is 9.97 Å². The second-order valence-corrected chi connectivity index (χ2v) is 5.16. The summed E-state index contributed by atoms with van der Waals surface area (Å²) in [5, 5.41) is 0. The van der Waals surface area contributed by atoms with Crippen molar-refractivity contribution >= 4 is 0 Å². The molecule has 0 bridgehead atoms. The van der Waals surface area contributed by atoms with Crippen LogP contribution >= 0.6 is 0 Å². The quantitative estimate of drug-likeness (QED) is 0.362. The molecule has 0 aliphatic carbocycles. The standard InChI is InChI=1S/2C11H9N.Ir/c2*1-2-6-10(7-3-1)11-8-4-5-9-12-11;/h2*1-9H;/q;;+3. The molecule has 0 saturated carbocycles. The number of aromatic nitrogens is 2. The van der Waals surface area contributed by atoms with E-state index in [0.717, 1.165) is 22.5 Å². The molecular weight excluding hydrogens is 484 g/mol. The smallest absolute Gasteiger partial charge is 0.256 e. The fraction of sp³-hybridized carbons (Fsp3) is 0. The van der Waals surface area contributed by atoms with Gasteiger partial charge in [0.2, 0.25) is 0 Å². The van der Waals surface area contributed by atoms with Crippen LogP contribution in [0.15, 0.2) is 109 Å². The molecule has 0 aliphatic heterocycles. The van der Waals surface area contributed by atoms with Crippen molar-refractivity contribution in [3.8, 4) is 22.5 Å². The fourth-order valence-electron chi connectivity index (χ4n) is 2.28. The van der Waals surface area contributed by atoms with E-state index in [1.54, 1.807) is 0 Å². The number of hydrogen-bond donors (Lipinski definition) is 0. The summed E-state index contributed by atoms with van der Waals surface area (Å²) in [6.07, 6.45) is 3.62. The second-order valence-electron chi connectivity index (χ2n) is 5.16. The van der Waals surface area contributed by atoms with Crippen molar-refractivity contribution in [1.82, 2.24) is 9.97 Å². The Morgan fingerprint density at radius 2 is 0.760 bits per heavy atom. The first-order valence-corrected chi connectivity index (χ1v) is 7.86. The molecule has 0 saturated heterocycles. The van der Waals surface area contributed by atoms with Crippen LogP contribution in [0.2, 0.25) is 0 Å². The predicted molar refractivity (Wildman–Crippen MR) is 99.3 cm³/mol. The van der Waals surface area contributed by atoms with E-state index < -0.39 is 0 Å². The average Bonchev–Trinajstić information content (AvgIpc) is 2.71. The largest absolute Gasteiger partial charge is 3.00 e. The van der Waals surface area contributed by atoms with E-state index in [0.29, 0.717) is 0 Å². The first-order chi connectivity index (χ1) is 11.9. The van der Waals surface area contributed by atoms with E-state index in [9.17, 15) is 0 Å². The summed E-state index contributed by atoms with van der Waals surface area (Å²) >= 11 is 0. The Morgan fingerprint density at radius 1 is 0.400 bits per heavy atom. The maximum Gasteiger partial charge on any atom is 3.00 e. The van der Waals surface area contributed by atoms with Gasteiger partial charge in [0.1, 0.15) is 0 Å². The Bertz CT molecular complexity index is 686. The van der Waals surface area contributed by atoms with Gasteiger partial charge in [-0.1, -0.05) is 72.8 Å². The Morgan fingerprint density at radius 3 is 1.08 bits per heavy atom. The minimum absolute atomic E-state index is 0. The Kier molecular flexibility index (Phi) is 7.71. The molecule has 0 atom stereocenters. The minimum atomic E-state index is 0. The van der Waals surface area contributed by atoms with Gasteiger partial charge < -0.3 is 0 Å². The third kappa shape index (κ3) is 5.75. The van der Waals surface area contributed by atoms with Gasteiger partial charge in [0.25, 0.3) is 0 Å². The van der Waals surface area contributed by atoms with Crippen LogP contribution in [0.5, 0.6) is 0 Å². The molecule has 0 spiro atoms. The van der Waals surface area contributed by atoms with Gasteiger partial charge in [0.05, 0.1) is 11.4 Å². The van der Waals surface area contributed by atoms with Crippen LogP contribution in [0.3, 0.4) is 0 Å². The van der Waals surface area contributed by atoms with Gasteiger partial charge >= 0.3 is 20.1 Å². The maximum absolute atomic E-state index is 4.25. The summed E-state index contributed by atoms with van der Waals surface area (Å²) in [5.74, 6) is 0. The summed E-state index contributed by atoms with van der Waals surface area (Å²) in [6, 6.07) is 32.2. The van der Waals surface area contributed by atoms with E-state index in [-0.39, 0.29) is 20.1 Å². The van der Waals surface area contributed by atoms with Crippen LogP contribution in [-0.4, -0.2) is 9.97 Å². The summed E-state index contributed by atoms with van der Waals surface area (Å²) in [6.45, 7) is 0. The molecule has 0 N–H and O–H groups in total. The predicted octanol–water partition coefficient (Wildman–Crippen LogP) is 5.49. The Labute approximate surface area is 162 Å². The zero-order chi connectivity index (χ0) is 16.5. The van der Waals surface area contributed by atoms with Crippen LogP contribution in [0.1, 0.15) is 0 Å². The molecule has 0 fully saturated rings. The Hall–Kier alpha value is -2.61. The number of rotatable bonds is 2. The molecule has 2 nitrogen and oxygen atoms in total. The normalized spacial score (nSPS) is 9.28. The van der Waals surface area contributed by atoms with Crippen molar-refractivity contribution in [1.29, 1.82) is 0 Å². The second kappa shape index (κ2) is 10.3. The number of nitrogens with zero attached hydrogens (tertiary/aromatic N) is 2. The van der Waals surface area contributed by atoms with E-state index >= 15 is 0 Å². The molecule has 3 heteroatoms. The zero-order valence-electron chi connectivity index (χ0n) is 13.6. The van der Waals surface area contributed by atoms with E-state index in [2.05, 4.69) is 34.2 Å². The van der Waals surface area contributed by atoms with E-state index in [4.69, 9.17) is 0 Å². The van der Waals surface area contributed by atoms with Gasteiger partial charge in [0.15, 0.2) is 0 Å². The van der Waals surface area contributed by atoms with Crippen molar-refractivity contribution in [3.05, 3.63) is 109 Å². The third-order valence-electron chi connectivity index (χ3n) is 3.47. The molecule has 0 radical (unpaired) electrons. The van der Waals surface area contributed by atoms with Crippen molar-refractivity contribution < 1.29 is 20.1 Å². The van der Waals surface area contributed by atoms with Crippen LogP contribution in [0.4, 0.5) is 0 Å². The Balaban J connectivity index is 0.000000173. The molecular formula is C22H18IrN2+3. The molecule has 4 aromatic rings. The number of pyridine rings is 2. The average molecular weight is 503 g/mol. The number of hydrogen-bond acceptors (Lipinski definition) is 2. The van der Waals surface area contributed by atoms with Crippen LogP contribution in [-0.2, 0) is 20.1 Å². The summed E-state index contributed by atoms with van der Waals surface area (Å²) in [4.78, 5) is 8.50. The molecule has 122 valence electrons. The van der Waals surface area contributed by atoms with Crippen molar-refractivity contribution in [2.24, 2.45) is 0 Å². The third-order valence-corrected chi connectivity index (χ3v) is 3.47. The summed E-state index contributed by atoms with van der Waals surface area (Å²) in [5.41, 5.74) is 4.38. The molecule has 2 aromatic carbocycles. The van der Waals surface area contributed by atoms with E-state index in [1.165, 1.54) is 0 Å². The van der Waals surface area contributed by atoms with Gasteiger partial charge in [-0.15, -0.1) is 0 Å². The van der Waals surface area contributed by atoms with Gasteiger partial charge in [0, 0.05) is 23.5 Å². The maximum atomic E-state index is 4.25. The summed E-state index contributed by atoms with van der Waals surface area (Å²) < 4.78 is 0. The van der Waals surface area contributed by atoms with Crippen LogP contribution < -0.4 is 0 Å². The first kappa shape index (κ1) is 18.7. The fourth-order valence-corrected chi connectivity index (χ4v) is 2.28. The van der Waals surface area contributed by atoms with Crippen LogP contribution in [0.25, 0.3) is 22.5 Å². The number of benzene rings is 2. The molecule has 2 aromatic heterocycles. The van der Waals surface area contributed by atoms with Crippen molar-refractivity contribution in [2.75, 3.05) is 0 Å². The van der Waals surface area contributed by atoms with Crippen molar-refractivity contribution in [3.63, 3.8) is 0 Å². The molecule has 0 aliphatic rings. The van der Waals surface area contributed by atoms with E-state index in [1.807, 2.05) is 85.2 Å². The molecule has 0 unspecified atom stereocenters. The topological polar surface area (TPSA) is 25.8 Å².